The van der Waals surface area contributed by atoms with E-state index in [9.17, 15) is 13.2 Å². The largest absolute Gasteiger partial charge is 0.335 e. The number of carbonyl (C=O) groups is 1. The van der Waals surface area contributed by atoms with Crippen LogP contribution in [0.25, 0.3) is 11.0 Å². The molecule has 1 aliphatic heterocycles. The maximum absolute atomic E-state index is 12.7. The van der Waals surface area contributed by atoms with E-state index in [1.807, 2.05) is 24.6 Å². The van der Waals surface area contributed by atoms with Crippen LogP contribution in [0.5, 0.6) is 0 Å². The Balaban J connectivity index is 1.89. The molecule has 1 aliphatic rings. The van der Waals surface area contributed by atoms with E-state index in [0.29, 0.717) is 18.5 Å². The lowest BCUT2D eigenvalue weighted by Crippen LogP contribution is -2.40. The fraction of sp³-hybridized carbons (Fsp3) is 0.467. The highest BCUT2D eigenvalue weighted by atomic mass is 32.2. The van der Waals surface area contributed by atoms with Gasteiger partial charge in [0.05, 0.1) is 28.9 Å². The summed E-state index contributed by atoms with van der Waals surface area (Å²) < 4.78 is 25.2. The molecule has 0 aliphatic carbocycles. The Labute approximate surface area is 129 Å². The van der Waals surface area contributed by atoms with Crippen LogP contribution in [0.4, 0.5) is 0 Å². The fourth-order valence-electron chi connectivity index (χ4n) is 3.02. The zero-order chi connectivity index (χ0) is 15.9. The van der Waals surface area contributed by atoms with E-state index in [0.717, 1.165) is 11.0 Å². The van der Waals surface area contributed by atoms with E-state index in [2.05, 4.69) is 4.98 Å². The van der Waals surface area contributed by atoms with E-state index >= 15 is 0 Å². The molecule has 1 fully saturated rings. The minimum atomic E-state index is -3.01. The van der Waals surface area contributed by atoms with Crippen molar-refractivity contribution in [3.05, 3.63) is 30.1 Å². The average molecular weight is 321 g/mol. The van der Waals surface area contributed by atoms with E-state index < -0.39 is 9.84 Å². The molecule has 0 N–H and O–H groups in total. The highest BCUT2D eigenvalue weighted by molar-refractivity contribution is 7.91. The van der Waals surface area contributed by atoms with Crippen molar-refractivity contribution in [2.45, 2.75) is 19.4 Å². The number of imidazole rings is 1. The quantitative estimate of drug-likeness (QED) is 0.852. The van der Waals surface area contributed by atoms with Crippen LogP contribution >= 0.6 is 0 Å². The first-order chi connectivity index (χ1) is 10.4. The first-order valence-electron chi connectivity index (χ1n) is 7.34. The predicted molar refractivity (Wildman–Crippen MR) is 84.5 cm³/mol. The van der Waals surface area contributed by atoms with Crippen LogP contribution in [-0.4, -0.2) is 52.9 Å². The van der Waals surface area contributed by atoms with E-state index in [1.54, 1.807) is 23.4 Å². The summed E-state index contributed by atoms with van der Waals surface area (Å²) in [6.45, 7) is 2.38. The summed E-state index contributed by atoms with van der Waals surface area (Å²) in [6, 6.07) is 5.19. The number of benzene rings is 1. The van der Waals surface area contributed by atoms with E-state index in [1.165, 1.54) is 0 Å². The van der Waals surface area contributed by atoms with Gasteiger partial charge in [-0.05, 0) is 31.5 Å². The third-order valence-corrected chi connectivity index (χ3v) is 5.97. The molecule has 3 rings (SSSR count). The zero-order valence-corrected chi connectivity index (χ0v) is 13.5. The first kappa shape index (κ1) is 15.0. The Morgan fingerprint density at radius 2 is 2.23 bits per heavy atom. The Morgan fingerprint density at radius 3 is 2.86 bits per heavy atom. The summed E-state index contributed by atoms with van der Waals surface area (Å²) in [5, 5.41) is 0. The number of rotatable bonds is 3. The van der Waals surface area contributed by atoms with Crippen molar-refractivity contribution in [3.8, 4) is 0 Å². The second-order valence-electron chi connectivity index (χ2n) is 5.71. The van der Waals surface area contributed by atoms with Crippen molar-refractivity contribution in [1.29, 1.82) is 0 Å². The van der Waals surface area contributed by atoms with Crippen molar-refractivity contribution in [2.75, 3.05) is 18.1 Å². The maximum Gasteiger partial charge on any atom is 0.254 e. The van der Waals surface area contributed by atoms with Crippen molar-refractivity contribution in [3.63, 3.8) is 0 Å². The number of aromatic nitrogens is 2. The molecule has 0 bridgehead atoms. The van der Waals surface area contributed by atoms with Gasteiger partial charge in [0.2, 0.25) is 0 Å². The second-order valence-corrected chi connectivity index (χ2v) is 7.94. The lowest BCUT2D eigenvalue weighted by atomic mass is 10.1. The maximum atomic E-state index is 12.7. The van der Waals surface area contributed by atoms with Crippen LogP contribution in [0.1, 0.15) is 23.7 Å². The fourth-order valence-corrected chi connectivity index (χ4v) is 4.75. The molecule has 118 valence electrons. The number of fused-ring (bicyclic) bond motifs is 1. The number of nitrogens with zero attached hydrogens (tertiary/aromatic N) is 3. The molecule has 2 heterocycles. The average Bonchev–Trinajstić information content (AvgIpc) is 3.02. The summed E-state index contributed by atoms with van der Waals surface area (Å²) >= 11 is 0. The van der Waals surface area contributed by atoms with Gasteiger partial charge in [-0.1, -0.05) is 0 Å². The predicted octanol–water partition coefficient (Wildman–Crippen LogP) is 1.22. The molecule has 2 aromatic rings. The summed E-state index contributed by atoms with van der Waals surface area (Å²) in [5.74, 6) is 0.108. The lowest BCUT2D eigenvalue weighted by Gasteiger charge is -2.27. The van der Waals surface area contributed by atoms with Crippen LogP contribution in [0.15, 0.2) is 24.5 Å². The van der Waals surface area contributed by atoms with Crippen LogP contribution in [0.3, 0.4) is 0 Å². The molecule has 1 saturated heterocycles. The van der Waals surface area contributed by atoms with Gasteiger partial charge in [0, 0.05) is 25.2 Å². The molecule has 1 aromatic carbocycles. The molecule has 6 nitrogen and oxygen atoms in total. The van der Waals surface area contributed by atoms with Gasteiger partial charge < -0.3 is 9.47 Å². The second kappa shape index (κ2) is 5.39. The van der Waals surface area contributed by atoms with Gasteiger partial charge in [-0.2, -0.15) is 0 Å². The number of sulfone groups is 1. The molecule has 0 radical (unpaired) electrons. The van der Waals surface area contributed by atoms with E-state index in [-0.39, 0.29) is 23.5 Å². The van der Waals surface area contributed by atoms with Crippen molar-refractivity contribution < 1.29 is 13.2 Å². The molecule has 7 heteroatoms. The highest BCUT2D eigenvalue weighted by Crippen LogP contribution is 2.21. The van der Waals surface area contributed by atoms with Crippen molar-refractivity contribution >= 4 is 26.8 Å². The lowest BCUT2D eigenvalue weighted by molar-refractivity contribution is 0.0708. The van der Waals surface area contributed by atoms with Crippen LogP contribution in [-0.2, 0) is 16.9 Å². The van der Waals surface area contributed by atoms with Gasteiger partial charge in [0.25, 0.3) is 5.91 Å². The molecule has 0 saturated carbocycles. The third kappa shape index (κ3) is 2.61. The van der Waals surface area contributed by atoms with Gasteiger partial charge >= 0.3 is 0 Å². The van der Waals surface area contributed by atoms with Gasteiger partial charge in [-0.3, -0.25) is 4.79 Å². The molecule has 1 atom stereocenters. The Kier molecular flexibility index (Phi) is 3.68. The Hall–Kier alpha value is -1.89. The highest BCUT2D eigenvalue weighted by Gasteiger charge is 2.34. The first-order valence-corrected chi connectivity index (χ1v) is 9.16. The third-order valence-electron chi connectivity index (χ3n) is 4.22. The number of carbonyl (C=O) groups excluding carboxylic acids is 1. The molecule has 1 unspecified atom stereocenters. The molecule has 22 heavy (non-hydrogen) atoms. The van der Waals surface area contributed by atoms with Gasteiger partial charge in [0.1, 0.15) is 0 Å². The van der Waals surface area contributed by atoms with Crippen molar-refractivity contribution in [1.82, 2.24) is 14.5 Å². The number of aryl methyl sites for hydroxylation is 1. The summed E-state index contributed by atoms with van der Waals surface area (Å²) in [6.07, 6.45) is 2.23. The summed E-state index contributed by atoms with van der Waals surface area (Å²) in [5.41, 5.74) is 2.28. The number of hydrogen-bond acceptors (Lipinski definition) is 4. The van der Waals surface area contributed by atoms with Gasteiger partial charge in [-0.15, -0.1) is 0 Å². The topological polar surface area (TPSA) is 72.3 Å². The minimum Gasteiger partial charge on any atom is -0.335 e. The van der Waals surface area contributed by atoms with E-state index in [4.69, 9.17) is 0 Å². The van der Waals surface area contributed by atoms with Crippen molar-refractivity contribution in [2.24, 2.45) is 7.05 Å². The van der Waals surface area contributed by atoms with Crippen LogP contribution in [0, 0.1) is 0 Å². The molecular formula is C15H19N3O3S. The van der Waals surface area contributed by atoms with Crippen LogP contribution < -0.4 is 0 Å². The minimum absolute atomic E-state index is 0.0679. The SMILES string of the molecule is CCN(C(=O)c1ccc2c(c1)ncn2C)C1CCS(=O)(=O)C1. The van der Waals surface area contributed by atoms with Gasteiger partial charge in [-0.25, -0.2) is 13.4 Å². The summed E-state index contributed by atoms with van der Waals surface area (Å²) in [7, 11) is -1.11. The standard InChI is InChI=1S/C15H19N3O3S/c1-3-18(12-6-7-22(20,21)9-12)15(19)11-4-5-14-13(8-11)16-10-17(14)2/h4-5,8,10,12H,3,6-7,9H2,1-2H3. The smallest absolute Gasteiger partial charge is 0.254 e. The normalized spacial score (nSPS) is 20.4. The van der Waals surface area contributed by atoms with Gasteiger partial charge in [0.15, 0.2) is 9.84 Å². The number of hydrogen-bond donors (Lipinski definition) is 0. The zero-order valence-electron chi connectivity index (χ0n) is 12.7. The van der Waals surface area contributed by atoms with Crippen LogP contribution in [0.2, 0.25) is 0 Å². The number of amides is 1. The Morgan fingerprint density at radius 1 is 1.45 bits per heavy atom. The summed E-state index contributed by atoms with van der Waals surface area (Å²) in [4.78, 5) is 18.6. The molecule has 1 amide bonds. The molecule has 1 aromatic heterocycles. The Bertz CT molecular complexity index is 826. The molecular weight excluding hydrogens is 302 g/mol. The molecule has 0 spiro atoms. The monoisotopic (exact) mass is 321 g/mol.